The Morgan fingerprint density at radius 1 is 1.46 bits per heavy atom. The summed E-state index contributed by atoms with van der Waals surface area (Å²) in [7, 11) is 1.33. The number of rotatable bonds is 4. The minimum absolute atomic E-state index is 0.0182. The van der Waals surface area contributed by atoms with Crippen LogP contribution in [0.4, 0.5) is 5.13 Å². The largest absolute Gasteiger partial charge is 0.464 e. The number of aromatic amines is 1. The molecule has 0 radical (unpaired) electrons. The number of hydrogen-bond donors (Lipinski definition) is 3. The first-order valence-corrected chi connectivity index (χ1v) is 8.74. The number of methoxy groups -OCH3 is 1. The summed E-state index contributed by atoms with van der Waals surface area (Å²) in [5.74, 6) is -0.492. The van der Waals surface area contributed by atoms with Gasteiger partial charge in [0.25, 0.3) is 0 Å². The van der Waals surface area contributed by atoms with Gasteiger partial charge in [-0.3, -0.25) is 4.79 Å². The average molecular weight is 348 g/mol. The van der Waals surface area contributed by atoms with Gasteiger partial charge in [-0.15, -0.1) is 11.3 Å². The molecule has 24 heavy (non-hydrogen) atoms. The first-order chi connectivity index (χ1) is 11.6. The van der Waals surface area contributed by atoms with Crippen molar-refractivity contribution in [1.82, 2.24) is 9.97 Å². The quantitative estimate of drug-likeness (QED) is 0.735. The van der Waals surface area contributed by atoms with E-state index in [0.717, 1.165) is 31.2 Å². The average Bonchev–Trinajstić information content (AvgIpc) is 3.23. The van der Waals surface area contributed by atoms with E-state index in [1.54, 1.807) is 12.3 Å². The topological polar surface area (TPSA) is 110 Å². The second-order valence-electron chi connectivity index (χ2n) is 5.94. The normalized spacial score (nSPS) is 20.6. The summed E-state index contributed by atoms with van der Waals surface area (Å²) in [5.41, 5.74) is 7.77. The van der Waals surface area contributed by atoms with Gasteiger partial charge in [0.05, 0.1) is 12.8 Å². The molecule has 2 aromatic heterocycles. The Labute approximate surface area is 143 Å². The van der Waals surface area contributed by atoms with Gasteiger partial charge in [0.15, 0.2) is 5.13 Å². The summed E-state index contributed by atoms with van der Waals surface area (Å²) in [5, 5.41) is 5.26. The number of carbonyl (C=O) groups is 2. The highest BCUT2D eigenvalue weighted by molar-refractivity contribution is 7.14. The Hall–Kier alpha value is -2.19. The maximum Gasteiger partial charge on any atom is 0.354 e. The van der Waals surface area contributed by atoms with E-state index in [1.165, 1.54) is 18.4 Å². The molecular weight excluding hydrogens is 328 g/mol. The fraction of sp³-hybridized carbons (Fsp3) is 0.438. The van der Waals surface area contributed by atoms with Crippen molar-refractivity contribution in [2.24, 2.45) is 11.7 Å². The molecule has 2 heterocycles. The van der Waals surface area contributed by atoms with E-state index in [2.05, 4.69) is 20.0 Å². The van der Waals surface area contributed by atoms with Crippen molar-refractivity contribution in [1.29, 1.82) is 0 Å². The molecule has 0 spiro atoms. The van der Waals surface area contributed by atoms with Crippen LogP contribution >= 0.6 is 11.3 Å². The van der Waals surface area contributed by atoms with Gasteiger partial charge in [0.1, 0.15) is 5.69 Å². The van der Waals surface area contributed by atoms with E-state index in [0.29, 0.717) is 16.5 Å². The highest BCUT2D eigenvalue weighted by Crippen LogP contribution is 2.28. The Balaban J connectivity index is 1.66. The summed E-state index contributed by atoms with van der Waals surface area (Å²) in [6, 6.07) is 1.78. The van der Waals surface area contributed by atoms with Gasteiger partial charge in [0.2, 0.25) is 5.91 Å². The van der Waals surface area contributed by atoms with E-state index in [1.807, 2.05) is 5.38 Å². The van der Waals surface area contributed by atoms with Crippen molar-refractivity contribution in [3.05, 3.63) is 23.3 Å². The fourth-order valence-electron chi connectivity index (χ4n) is 2.91. The number of amides is 1. The van der Waals surface area contributed by atoms with Crippen LogP contribution < -0.4 is 11.1 Å². The van der Waals surface area contributed by atoms with Crippen molar-refractivity contribution < 1.29 is 14.3 Å². The molecule has 1 aliphatic rings. The van der Waals surface area contributed by atoms with E-state index >= 15 is 0 Å². The molecule has 1 saturated carbocycles. The predicted octanol–water partition coefficient (Wildman–Crippen LogP) is 2.38. The fourth-order valence-corrected chi connectivity index (χ4v) is 3.63. The molecule has 0 aromatic carbocycles. The predicted molar refractivity (Wildman–Crippen MR) is 91.8 cm³/mol. The van der Waals surface area contributed by atoms with Crippen molar-refractivity contribution in [2.75, 3.05) is 12.4 Å². The van der Waals surface area contributed by atoms with Gasteiger partial charge >= 0.3 is 5.97 Å². The molecular formula is C16H20N4O3S. The molecule has 2 atom stereocenters. The molecule has 1 fully saturated rings. The minimum Gasteiger partial charge on any atom is -0.464 e. The molecule has 0 saturated heterocycles. The number of hydrogen-bond acceptors (Lipinski definition) is 6. The zero-order chi connectivity index (χ0) is 17.1. The lowest BCUT2D eigenvalue weighted by molar-refractivity contribution is -0.120. The number of nitrogens with one attached hydrogen (secondary N) is 2. The summed E-state index contributed by atoms with van der Waals surface area (Å²) in [4.78, 5) is 31.1. The van der Waals surface area contributed by atoms with Gasteiger partial charge < -0.3 is 20.8 Å². The number of H-pyrrole nitrogens is 1. The smallest absolute Gasteiger partial charge is 0.354 e. The van der Waals surface area contributed by atoms with Crippen molar-refractivity contribution in [3.63, 3.8) is 0 Å². The summed E-state index contributed by atoms with van der Waals surface area (Å²) in [6.45, 7) is 0. The number of esters is 1. The lowest BCUT2D eigenvalue weighted by Crippen LogP contribution is -2.34. The van der Waals surface area contributed by atoms with Crippen molar-refractivity contribution in [3.8, 4) is 11.3 Å². The standard InChI is InChI=1S/C16H20N4O3S/c1-23-15(22)12-6-10(7-18-12)13-8-24-16(19-13)20-14(21)9-3-2-4-11(17)5-9/h6-9,11,18H,2-5,17H2,1H3,(H,19,20,21). The summed E-state index contributed by atoms with van der Waals surface area (Å²) < 4.78 is 4.66. The van der Waals surface area contributed by atoms with Gasteiger partial charge in [-0.2, -0.15) is 0 Å². The second kappa shape index (κ2) is 7.14. The van der Waals surface area contributed by atoms with Crippen LogP contribution in [-0.2, 0) is 9.53 Å². The molecule has 2 aromatic rings. The zero-order valence-corrected chi connectivity index (χ0v) is 14.2. The van der Waals surface area contributed by atoms with Gasteiger partial charge in [-0.25, -0.2) is 9.78 Å². The molecule has 1 amide bonds. The van der Waals surface area contributed by atoms with Crippen LogP contribution in [0.5, 0.6) is 0 Å². The Morgan fingerprint density at radius 2 is 2.29 bits per heavy atom. The van der Waals surface area contributed by atoms with Crippen LogP contribution in [0.2, 0.25) is 0 Å². The lowest BCUT2D eigenvalue weighted by atomic mass is 9.86. The summed E-state index contributed by atoms with van der Waals surface area (Å²) in [6.07, 6.45) is 5.26. The Kier molecular flexibility index (Phi) is 4.96. The van der Waals surface area contributed by atoms with Gasteiger partial charge in [0, 0.05) is 29.1 Å². The molecule has 7 nitrogen and oxygen atoms in total. The van der Waals surface area contributed by atoms with Crippen LogP contribution in [0.3, 0.4) is 0 Å². The SMILES string of the molecule is COC(=O)c1cc(-c2csc(NC(=O)C3CCCC(N)C3)n2)c[nH]1. The number of aromatic nitrogens is 2. The van der Waals surface area contributed by atoms with Crippen molar-refractivity contribution >= 4 is 28.3 Å². The first-order valence-electron chi connectivity index (χ1n) is 7.86. The highest BCUT2D eigenvalue weighted by atomic mass is 32.1. The van der Waals surface area contributed by atoms with E-state index < -0.39 is 5.97 Å². The maximum absolute atomic E-state index is 12.3. The maximum atomic E-state index is 12.3. The third-order valence-electron chi connectivity index (χ3n) is 4.20. The monoisotopic (exact) mass is 348 g/mol. The molecule has 0 aliphatic heterocycles. The number of thiazole rings is 1. The zero-order valence-electron chi connectivity index (χ0n) is 13.4. The number of nitrogens with zero attached hydrogens (tertiary/aromatic N) is 1. The van der Waals surface area contributed by atoms with Crippen LogP contribution in [0.1, 0.15) is 36.2 Å². The van der Waals surface area contributed by atoms with E-state index in [4.69, 9.17) is 5.73 Å². The van der Waals surface area contributed by atoms with Crippen LogP contribution in [0.15, 0.2) is 17.6 Å². The Morgan fingerprint density at radius 3 is 3.04 bits per heavy atom. The minimum atomic E-state index is -0.432. The number of anilines is 1. The Bertz CT molecular complexity index is 739. The van der Waals surface area contributed by atoms with Gasteiger partial charge in [-0.05, 0) is 25.3 Å². The van der Waals surface area contributed by atoms with E-state index in [-0.39, 0.29) is 17.9 Å². The molecule has 3 rings (SSSR count). The highest BCUT2D eigenvalue weighted by Gasteiger charge is 2.26. The van der Waals surface area contributed by atoms with Crippen LogP contribution in [0, 0.1) is 5.92 Å². The molecule has 1 aliphatic carbocycles. The molecule has 0 bridgehead atoms. The molecule has 8 heteroatoms. The third kappa shape index (κ3) is 3.65. The molecule has 4 N–H and O–H groups in total. The number of nitrogens with two attached hydrogens (primary N) is 1. The van der Waals surface area contributed by atoms with Gasteiger partial charge in [-0.1, -0.05) is 6.42 Å². The molecule has 128 valence electrons. The van der Waals surface area contributed by atoms with Crippen LogP contribution in [-0.4, -0.2) is 35.0 Å². The number of ether oxygens (including phenoxy) is 1. The summed E-state index contributed by atoms with van der Waals surface area (Å²) >= 11 is 1.36. The lowest BCUT2D eigenvalue weighted by Gasteiger charge is -2.25. The third-order valence-corrected chi connectivity index (χ3v) is 4.96. The first kappa shape index (κ1) is 16.7. The second-order valence-corrected chi connectivity index (χ2v) is 6.80. The van der Waals surface area contributed by atoms with Crippen LogP contribution in [0.25, 0.3) is 11.3 Å². The van der Waals surface area contributed by atoms with E-state index in [9.17, 15) is 9.59 Å². The molecule has 2 unspecified atom stereocenters. The number of carbonyl (C=O) groups excluding carboxylic acids is 2. The van der Waals surface area contributed by atoms with Crippen molar-refractivity contribution in [2.45, 2.75) is 31.7 Å².